The van der Waals surface area contributed by atoms with E-state index in [0.29, 0.717) is 17.8 Å². The van der Waals surface area contributed by atoms with Crippen LogP contribution in [0.3, 0.4) is 0 Å². The molecule has 118 valence electrons. The second-order valence-corrected chi connectivity index (χ2v) is 5.40. The van der Waals surface area contributed by atoms with Crippen LogP contribution < -0.4 is 11.1 Å². The van der Waals surface area contributed by atoms with Crippen molar-refractivity contribution in [2.75, 3.05) is 0 Å². The minimum atomic E-state index is -1.03. The number of pyridine rings is 1. The number of halogens is 1. The number of aromatic nitrogens is 1. The van der Waals surface area contributed by atoms with Crippen molar-refractivity contribution in [3.63, 3.8) is 0 Å². The van der Waals surface area contributed by atoms with E-state index in [9.17, 15) is 9.18 Å². The number of fused-ring (bicyclic) bond motifs is 1. The second kappa shape index (κ2) is 6.08. The van der Waals surface area contributed by atoms with Crippen LogP contribution in [-0.2, 0) is 6.42 Å². The van der Waals surface area contributed by atoms with E-state index in [4.69, 9.17) is 10.8 Å². The van der Waals surface area contributed by atoms with Crippen LogP contribution in [0, 0.1) is 5.82 Å². The Morgan fingerprint density at radius 1 is 1.43 bits per heavy atom. The number of carboxylic acids is 1. The first-order valence-corrected chi connectivity index (χ1v) is 7.25. The molecule has 0 radical (unpaired) electrons. The highest BCUT2D eigenvalue weighted by molar-refractivity contribution is 5.88. The van der Waals surface area contributed by atoms with Gasteiger partial charge in [0.25, 0.3) is 0 Å². The van der Waals surface area contributed by atoms with Crippen molar-refractivity contribution in [3.8, 4) is 0 Å². The van der Waals surface area contributed by atoms with Crippen molar-refractivity contribution < 1.29 is 14.3 Å². The molecule has 0 spiro atoms. The fraction of sp³-hybridized carbons (Fsp3) is 0.176. The maximum atomic E-state index is 13.7. The Balaban J connectivity index is 1.78. The number of rotatable bonds is 4. The quantitative estimate of drug-likeness (QED) is 0.807. The molecule has 0 saturated carbocycles. The highest BCUT2D eigenvalue weighted by Crippen LogP contribution is 2.32. The van der Waals surface area contributed by atoms with Gasteiger partial charge in [0.05, 0.1) is 23.0 Å². The molecule has 1 aromatic heterocycles. The van der Waals surface area contributed by atoms with Gasteiger partial charge in [-0.1, -0.05) is 12.1 Å². The van der Waals surface area contributed by atoms with E-state index in [1.165, 1.54) is 24.4 Å². The molecule has 0 aliphatic heterocycles. The fourth-order valence-electron chi connectivity index (χ4n) is 2.77. The third-order valence-electron chi connectivity index (χ3n) is 3.96. The highest BCUT2D eigenvalue weighted by Gasteiger charge is 2.23. The van der Waals surface area contributed by atoms with Gasteiger partial charge in [-0.15, -0.1) is 0 Å². The molecule has 2 aromatic rings. The molecule has 0 bridgehead atoms. The number of nitrogens with one attached hydrogen (secondary N) is 1. The van der Waals surface area contributed by atoms with Crippen LogP contribution in [0.4, 0.5) is 4.39 Å². The Labute approximate surface area is 132 Å². The predicted octanol–water partition coefficient (Wildman–Crippen LogP) is 2.45. The number of aromatic carboxylic acids is 1. The van der Waals surface area contributed by atoms with Crippen molar-refractivity contribution in [1.29, 1.82) is 0 Å². The van der Waals surface area contributed by atoms with Crippen LogP contribution in [0.2, 0.25) is 0 Å². The maximum Gasteiger partial charge on any atom is 0.335 e. The lowest BCUT2D eigenvalue weighted by molar-refractivity contribution is 0.0696. The molecule has 1 aliphatic carbocycles. The minimum absolute atomic E-state index is 0.0121. The van der Waals surface area contributed by atoms with Crippen molar-refractivity contribution in [2.24, 2.45) is 5.73 Å². The zero-order valence-corrected chi connectivity index (χ0v) is 12.3. The van der Waals surface area contributed by atoms with Crippen molar-refractivity contribution in [2.45, 2.75) is 18.9 Å². The number of benzene rings is 1. The summed E-state index contributed by atoms with van der Waals surface area (Å²) in [6, 6.07) is 7.87. The Kier molecular flexibility index (Phi) is 3.97. The van der Waals surface area contributed by atoms with E-state index in [1.807, 2.05) is 6.07 Å². The number of nitrogens with zero attached hydrogens (tertiary/aromatic N) is 1. The van der Waals surface area contributed by atoms with Gasteiger partial charge in [0.15, 0.2) is 0 Å². The minimum Gasteiger partial charge on any atom is -0.478 e. The third-order valence-corrected chi connectivity index (χ3v) is 3.96. The van der Waals surface area contributed by atoms with Gasteiger partial charge in [0, 0.05) is 12.4 Å². The first kappa shape index (κ1) is 15.0. The van der Waals surface area contributed by atoms with Crippen LogP contribution in [0.1, 0.15) is 39.6 Å². The second-order valence-electron chi connectivity index (χ2n) is 5.40. The fourth-order valence-corrected chi connectivity index (χ4v) is 2.77. The number of carbonyl (C=O) groups is 1. The Bertz CT molecular complexity index is 789. The van der Waals surface area contributed by atoms with Crippen molar-refractivity contribution in [1.82, 2.24) is 10.3 Å². The van der Waals surface area contributed by atoms with Gasteiger partial charge >= 0.3 is 5.97 Å². The average Bonchev–Trinajstić information content (AvgIpc) is 2.97. The van der Waals surface area contributed by atoms with Crippen LogP contribution in [0.25, 0.3) is 5.70 Å². The molecule has 1 heterocycles. The van der Waals surface area contributed by atoms with Gasteiger partial charge < -0.3 is 16.2 Å². The molecule has 1 aromatic carbocycles. The SMILES string of the molecule is N/C(=C\NC1CCc2c(F)cccc21)c1cc(C(=O)O)ccn1. The zero-order valence-electron chi connectivity index (χ0n) is 12.3. The zero-order chi connectivity index (χ0) is 16.4. The standard InChI is InChI=1S/C17H16FN3O2/c18-13-3-1-2-12-11(13)4-5-15(12)21-9-14(19)16-8-10(17(22)23)6-7-20-16/h1-3,6-9,15,21H,4-5,19H2,(H,22,23)/b14-9-. The van der Waals surface area contributed by atoms with Gasteiger partial charge in [0.1, 0.15) is 5.82 Å². The van der Waals surface area contributed by atoms with E-state index in [-0.39, 0.29) is 17.4 Å². The summed E-state index contributed by atoms with van der Waals surface area (Å²) >= 11 is 0. The number of hydrogen-bond acceptors (Lipinski definition) is 4. The smallest absolute Gasteiger partial charge is 0.335 e. The van der Waals surface area contributed by atoms with Gasteiger partial charge in [-0.3, -0.25) is 4.98 Å². The molecule has 23 heavy (non-hydrogen) atoms. The largest absolute Gasteiger partial charge is 0.478 e. The molecular weight excluding hydrogens is 297 g/mol. The normalized spacial score (nSPS) is 16.9. The molecule has 1 aliphatic rings. The highest BCUT2D eigenvalue weighted by atomic mass is 19.1. The summed E-state index contributed by atoms with van der Waals surface area (Å²) in [6.07, 6.45) is 4.46. The molecule has 5 nitrogen and oxygen atoms in total. The van der Waals surface area contributed by atoms with Gasteiger partial charge in [-0.05, 0) is 42.2 Å². The first-order chi connectivity index (χ1) is 11.1. The molecular formula is C17H16FN3O2. The van der Waals surface area contributed by atoms with Gasteiger partial charge in [0.2, 0.25) is 0 Å². The topological polar surface area (TPSA) is 88.2 Å². The molecule has 0 saturated heterocycles. The Morgan fingerprint density at radius 3 is 3.04 bits per heavy atom. The number of nitrogens with two attached hydrogens (primary N) is 1. The lowest BCUT2D eigenvalue weighted by atomic mass is 10.1. The summed E-state index contributed by atoms with van der Waals surface area (Å²) in [5, 5.41) is 12.2. The van der Waals surface area contributed by atoms with Gasteiger partial charge in [-0.2, -0.15) is 0 Å². The third kappa shape index (κ3) is 3.01. The molecule has 1 atom stereocenters. The molecule has 3 rings (SSSR count). The Morgan fingerprint density at radius 2 is 2.26 bits per heavy atom. The summed E-state index contributed by atoms with van der Waals surface area (Å²) in [5.41, 5.74) is 8.47. The van der Waals surface area contributed by atoms with E-state index in [2.05, 4.69) is 10.3 Å². The summed E-state index contributed by atoms with van der Waals surface area (Å²) in [6.45, 7) is 0. The summed E-state index contributed by atoms with van der Waals surface area (Å²) in [5.74, 6) is -1.21. The van der Waals surface area contributed by atoms with Crippen LogP contribution in [-0.4, -0.2) is 16.1 Å². The summed E-state index contributed by atoms with van der Waals surface area (Å²) < 4.78 is 13.7. The van der Waals surface area contributed by atoms with Crippen molar-refractivity contribution in [3.05, 3.63) is 70.9 Å². The molecule has 1 unspecified atom stereocenters. The summed E-state index contributed by atoms with van der Waals surface area (Å²) in [4.78, 5) is 15.0. The van der Waals surface area contributed by atoms with Gasteiger partial charge in [-0.25, -0.2) is 9.18 Å². The predicted molar refractivity (Wildman–Crippen MR) is 84.0 cm³/mol. The van der Waals surface area contributed by atoms with E-state index in [1.54, 1.807) is 12.3 Å². The van der Waals surface area contributed by atoms with Crippen LogP contribution in [0.15, 0.2) is 42.7 Å². The lowest BCUT2D eigenvalue weighted by Crippen LogP contribution is -2.15. The Hall–Kier alpha value is -2.89. The van der Waals surface area contributed by atoms with Crippen LogP contribution in [0.5, 0.6) is 0 Å². The number of hydrogen-bond donors (Lipinski definition) is 3. The van der Waals surface area contributed by atoms with E-state index in [0.717, 1.165) is 17.5 Å². The lowest BCUT2D eigenvalue weighted by Gasteiger charge is -2.13. The maximum absolute atomic E-state index is 13.7. The first-order valence-electron chi connectivity index (χ1n) is 7.25. The molecule has 0 amide bonds. The van der Waals surface area contributed by atoms with E-state index >= 15 is 0 Å². The monoisotopic (exact) mass is 313 g/mol. The average molecular weight is 313 g/mol. The molecule has 0 fully saturated rings. The van der Waals surface area contributed by atoms with Crippen LogP contribution >= 0.6 is 0 Å². The summed E-state index contributed by atoms with van der Waals surface area (Å²) in [7, 11) is 0. The molecule has 4 N–H and O–H groups in total. The van der Waals surface area contributed by atoms with Crippen molar-refractivity contribution >= 4 is 11.7 Å². The number of carboxylic acid groups (broad SMARTS) is 1. The van der Waals surface area contributed by atoms with E-state index < -0.39 is 5.97 Å². The molecule has 6 heteroatoms.